The van der Waals surface area contributed by atoms with Gasteiger partial charge in [-0.3, -0.25) is 19.2 Å². The lowest BCUT2D eigenvalue weighted by Crippen LogP contribution is -2.30. The van der Waals surface area contributed by atoms with Gasteiger partial charge >= 0.3 is 0 Å². The number of nitrogens with one attached hydrogen (secondary N) is 3. The lowest BCUT2D eigenvalue weighted by Gasteiger charge is -2.16. The Morgan fingerprint density at radius 2 is 1.50 bits per heavy atom. The largest absolute Gasteiger partial charge is 0.497 e. The van der Waals surface area contributed by atoms with E-state index in [0.717, 1.165) is 4.90 Å². The highest BCUT2D eigenvalue weighted by Crippen LogP contribution is 2.29. The van der Waals surface area contributed by atoms with Crippen LogP contribution < -0.4 is 20.7 Å². The predicted octanol–water partition coefficient (Wildman–Crippen LogP) is 6.82. The van der Waals surface area contributed by atoms with Gasteiger partial charge in [0.15, 0.2) is 5.78 Å². The first kappa shape index (κ1) is 31.8. The van der Waals surface area contributed by atoms with Crippen molar-refractivity contribution in [2.75, 3.05) is 17.7 Å². The first-order valence-electron chi connectivity index (χ1n) is 14.0. The van der Waals surface area contributed by atoms with E-state index in [1.807, 2.05) is 19.1 Å². The standard InChI is InChI=1S/C35H33N3O5S/c1-4-32(35(42)36-27-17-15-25(16-18-27)23(2)39)44-30-12-8-11-28(22-30)37-34(41)31(21-24-13-19-29(43-3)20-14-24)38-33(40)26-9-6-5-7-10-26/h5-22,32H,4H2,1-3H3,(H,36,42)(H,37,41)(H,38,40)/b31-21+. The predicted molar refractivity (Wildman–Crippen MR) is 175 cm³/mol. The molecule has 4 aromatic carbocycles. The lowest BCUT2D eigenvalue weighted by atomic mass is 10.1. The van der Waals surface area contributed by atoms with E-state index in [9.17, 15) is 19.2 Å². The monoisotopic (exact) mass is 607 g/mol. The number of carbonyl (C=O) groups is 4. The van der Waals surface area contributed by atoms with Crippen molar-refractivity contribution in [1.29, 1.82) is 0 Å². The maximum absolute atomic E-state index is 13.5. The molecule has 0 heterocycles. The van der Waals surface area contributed by atoms with Gasteiger partial charge < -0.3 is 20.7 Å². The quantitative estimate of drug-likeness (QED) is 0.0926. The minimum Gasteiger partial charge on any atom is -0.497 e. The summed E-state index contributed by atoms with van der Waals surface area (Å²) in [6, 6.07) is 29.7. The molecule has 0 aliphatic carbocycles. The minimum atomic E-state index is -0.508. The maximum atomic E-state index is 13.5. The number of hydrogen-bond acceptors (Lipinski definition) is 6. The summed E-state index contributed by atoms with van der Waals surface area (Å²) in [4.78, 5) is 51.8. The minimum absolute atomic E-state index is 0.0428. The third-order valence-electron chi connectivity index (χ3n) is 6.55. The number of hydrogen-bond donors (Lipinski definition) is 3. The fourth-order valence-electron chi connectivity index (χ4n) is 4.15. The zero-order valence-electron chi connectivity index (χ0n) is 24.6. The van der Waals surface area contributed by atoms with E-state index < -0.39 is 17.1 Å². The summed E-state index contributed by atoms with van der Waals surface area (Å²) in [6.07, 6.45) is 2.16. The van der Waals surface area contributed by atoms with E-state index in [1.54, 1.807) is 104 Å². The third kappa shape index (κ3) is 8.92. The molecular weight excluding hydrogens is 574 g/mol. The Morgan fingerprint density at radius 1 is 0.795 bits per heavy atom. The van der Waals surface area contributed by atoms with Gasteiger partial charge in [-0.25, -0.2) is 0 Å². The van der Waals surface area contributed by atoms with Crippen molar-refractivity contribution in [3.8, 4) is 5.75 Å². The Bertz CT molecular complexity index is 1650. The van der Waals surface area contributed by atoms with Gasteiger partial charge in [0, 0.05) is 27.4 Å². The van der Waals surface area contributed by atoms with Gasteiger partial charge in [-0.2, -0.15) is 0 Å². The van der Waals surface area contributed by atoms with Gasteiger partial charge in [-0.1, -0.05) is 43.3 Å². The Balaban J connectivity index is 1.48. The van der Waals surface area contributed by atoms with Gasteiger partial charge in [0.2, 0.25) is 5.91 Å². The van der Waals surface area contributed by atoms with E-state index in [4.69, 9.17) is 4.74 Å². The van der Waals surface area contributed by atoms with Crippen molar-refractivity contribution in [3.05, 3.63) is 126 Å². The molecule has 3 N–H and O–H groups in total. The second-order valence-corrected chi connectivity index (χ2v) is 11.0. The number of Topliss-reactive ketones (excluding diaryl/α,β-unsaturated/α-hetero) is 1. The van der Waals surface area contributed by atoms with Crippen molar-refractivity contribution in [1.82, 2.24) is 5.32 Å². The summed E-state index contributed by atoms with van der Waals surface area (Å²) < 4.78 is 5.22. The number of ketones is 1. The van der Waals surface area contributed by atoms with Crippen LogP contribution in [0.2, 0.25) is 0 Å². The number of rotatable bonds is 12. The molecule has 1 atom stereocenters. The number of ether oxygens (including phenoxy) is 1. The van der Waals surface area contributed by atoms with Crippen LogP contribution in [0.5, 0.6) is 5.75 Å². The van der Waals surface area contributed by atoms with Crippen LogP contribution in [0.25, 0.3) is 6.08 Å². The van der Waals surface area contributed by atoms with Crippen LogP contribution in [0.1, 0.15) is 46.5 Å². The molecule has 9 heteroatoms. The normalized spacial score (nSPS) is 11.7. The Hall–Kier alpha value is -5.15. The number of methoxy groups -OCH3 is 1. The van der Waals surface area contributed by atoms with Gasteiger partial charge in [-0.05, 0) is 91.7 Å². The molecule has 0 bridgehead atoms. The van der Waals surface area contributed by atoms with E-state index in [0.29, 0.717) is 40.2 Å². The SMILES string of the molecule is CCC(Sc1cccc(NC(=O)/C(=C\c2ccc(OC)cc2)NC(=O)c2ccccc2)c1)C(=O)Nc1ccc(C(C)=O)cc1. The van der Waals surface area contributed by atoms with E-state index >= 15 is 0 Å². The molecule has 1 unspecified atom stereocenters. The smallest absolute Gasteiger partial charge is 0.272 e. The second kappa shape index (κ2) is 15.4. The number of anilines is 2. The number of carbonyl (C=O) groups excluding carboxylic acids is 4. The third-order valence-corrected chi connectivity index (χ3v) is 7.91. The molecule has 4 aromatic rings. The molecule has 0 aromatic heterocycles. The zero-order valence-corrected chi connectivity index (χ0v) is 25.4. The van der Waals surface area contributed by atoms with Gasteiger partial charge in [0.05, 0.1) is 12.4 Å². The zero-order chi connectivity index (χ0) is 31.5. The highest BCUT2D eigenvalue weighted by molar-refractivity contribution is 8.00. The van der Waals surface area contributed by atoms with Crippen molar-refractivity contribution in [2.45, 2.75) is 30.4 Å². The van der Waals surface area contributed by atoms with Crippen LogP contribution >= 0.6 is 11.8 Å². The number of thioether (sulfide) groups is 1. The molecule has 224 valence electrons. The molecule has 8 nitrogen and oxygen atoms in total. The highest BCUT2D eigenvalue weighted by Gasteiger charge is 2.19. The first-order valence-corrected chi connectivity index (χ1v) is 14.9. The van der Waals surface area contributed by atoms with E-state index in [-0.39, 0.29) is 17.4 Å². The van der Waals surface area contributed by atoms with E-state index in [2.05, 4.69) is 16.0 Å². The summed E-state index contributed by atoms with van der Waals surface area (Å²) >= 11 is 1.37. The Kier molecular flexibility index (Phi) is 11.1. The van der Waals surface area contributed by atoms with Crippen LogP contribution in [0, 0.1) is 0 Å². The van der Waals surface area contributed by atoms with Crippen LogP contribution in [-0.4, -0.2) is 35.9 Å². The van der Waals surface area contributed by atoms with Gasteiger partial charge in [0.25, 0.3) is 11.8 Å². The Labute approximate surface area is 260 Å². The van der Waals surface area contributed by atoms with Gasteiger partial charge in [0.1, 0.15) is 11.4 Å². The molecule has 0 saturated carbocycles. The molecule has 3 amide bonds. The molecule has 0 fully saturated rings. The molecule has 0 spiro atoms. The average Bonchev–Trinajstić information content (AvgIpc) is 3.04. The topological polar surface area (TPSA) is 114 Å². The van der Waals surface area contributed by atoms with Gasteiger partial charge in [-0.15, -0.1) is 11.8 Å². The molecular formula is C35H33N3O5S. The maximum Gasteiger partial charge on any atom is 0.272 e. The molecule has 44 heavy (non-hydrogen) atoms. The average molecular weight is 608 g/mol. The fraction of sp³-hybridized carbons (Fsp3) is 0.143. The number of amides is 3. The van der Waals surface area contributed by atoms with Crippen molar-refractivity contribution >= 4 is 52.7 Å². The van der Waals surface area contributed by atoms with Crippen LogP contribution in [0.3, 0.4) is 0 Å². The van der Waals surface area contributed by atoms with E-state index in [1.165, 1.54) is 18.7 Å². The number of benzene rings is 4. The van der Waals surface area contributed by atoms with Crippen LogP contribution in [-0.2, 0) is 9.59 Å². The highest BCUT2D eigenvalue weighted by atomic mass is 32.2. The van der Waals surface area contributed by atoms with Crippen LogP contribution in [0.15, 0.2) is 114 Å². The lowest BCUT2D eigenvalue weighted by molar-refractivity contribution is -0.116. The summed E-state index contributed by atoms with van der Waals surface area (Å²) in [7, 11) is 1.57. The van der Waals surface area contributed by atoms with Crippen molar-refractivity contribution in [2.24, 2.45) is 0 Å². The summed E-state index contributed by atoms with van der Waals surface area (Å²) in [6.45, 7) is 3.42. The van der Waals surface area contributed by atoms with Crippen LogP contribution in [0.4, 0.5) is 11.4 Å². The van der Waals surface area contributed by atoms with Crippen molar-refractivity contribution < 1.29 is 23.9 Å². The molecule has 0 aliphatic rings. The Morgan fingerprint density at radius 3 is 2.14 bits per heavy atom. The first-order chi connectivity index (χ1) is 21.2. The molecule has 0 aliphatic heterocycles. The summed E-state index contributed by atoms with van der Waals surface area (Å²) in [5.41, 5.74) is 2.85. The van der Waals surface area contributed by atoms with Crippen molar-refractivity contribution in [3.63, 3.8) is 0 Å². The molecule has 0 saturated heterocycles. The molecule has 4 rings (SSSR count). The second-order valence-electron chi connectivity index (χ2n) is 9.77. The fourth-order valence-corrected chi connectivity index (χ4v) is 5.17. The summed E-state index contributed by atoms with van der Waals surface area (Å²) in [5, 5.41) is 8.11. The summed E-state index contributed by atoms with van der Waals surface area (Å²) in [5.74, 6) is -0.473. The molecule has 0 radical (unpaired) electrons.